The molecule has 3 nitrogen and oxygen atoms in total. The lowest BCUT2D eigenvalue weighted by Crippen LogP contribution is -2.35. The van der Waals surface area contributed by atoms with Crippen molar-refractivity contribution >= 4 is 0 Å². The smallest absolute Gasteiger partial charge is 0.490 e. The van der Waals surface area contributed by atoms with E-state index in [1.807, 2.05) is 0 Å². The molecule has 1 aromatic carbocycles. The Labute approximate surface area is 122 Å². The monoisotopic (exact) mass is 303 g/mol. The van der Waals surface area contributed by atoms with Crippen molar-refractivity contribution in [3.8, 4) is 5.75 Å². The van der Waals surface area contributed by atoms with Crippen LogP contribution < -0.4 is 4.74 Å². The van der Waals surface area contributed by atoms with Crippen molar-refractivity contribution < 1.29 is 22.6 Å². The first-order valence-corrected chi connectivity index (χ1v) is 7.07. The molecule has 1 saturated heterocycles. The molecular formula is C15H20F3NO2. The molecule has 1 fully saturated rings. The molecule has 1 aliphatic rings. The molecule has 1 aromatic rings. The fourth-order valence-electron chi connectivity index (χ4n) is 2.31. The van der Waals surface area contributed by atoms with Crippen molar-refractivity contribution in [2.45, 2.75) is 31.7 Å². The van der Waals surface area contributed by atoms with Crippen LogP contribution in [0.3, 0.4) is 0 Å². The number of hydrogen-bond acceptors (Lipinski definition) is 3. The largest absolute Gasteiger partial charge is 0.522 e. The van der Waals surface area contributed by atoms with E-state index in [4.69, 9.17) is 4.74 Å². The zero-order chi connectivity index (χ0) is 15.3. The quantitative estimate of drug-likeness (QED) is 0.833. The molecule has 21 heavy (non-hydrogen) atoms. The molecule has 118 valence electrons. The Bertz CT molecular complexity index is 426. The predicted octanol–water partition coefficient (Wildman–Crippen LogP) is 3.24. The standard InChI is InChI=1S/C15H20F3NO2/c1-19-9-6-14(7-10-19)21-13-4-2-12(3-5-13)8-11-20-15(16,17)18/h2-5,14H,6-11H2,1H3. The van der Waals surface area contributed by atoms with E-state index in [0.29, 0.717) is 0 Å². The van der Waals surface area contributed by atoms with Gasteiger partial charge in [-0.25, -0.2) is 0 Å². The normalized spacial score (nSPS) is 17.9. The lowest BCUT2D eigenvalue weighted by molar-refractivity contribution is -0.324. The van der Waals surface area contributed by atoms with Gasteiger partial charge >= 0.3 is 6.36 Å². The highest BCUT2D eigenvalue weighted by Crippen LogP contribution is 2.20. The van der Waals surface area contributed by atoms with Gasteiger partial charge in [-0.2, -0.15) is 0 Å². The Morgan fingerprint density at radius 2 is 1.76 bits per heavy atom. The first-order chi connectivity index (χ1) is 9.92. The SMILES string of the molecule is CN1CCC(Oc2ccc(CCOC(F)(F)F)cc2)CC1. The molecular weight excluding hydrogens is 283 g/mol. The van der Waals surface area contributed by atoms with E-state index in [-0.39, 0.29) is 19.1 Å². The first-order valence-electron chi connectivity index (χ1n) is 7.07. The van der Waals surface area contributed by atoms with Gasteiger partial charge in [-0.15, -0.1) is 13.2 Å². The molecule has 0 aliphatic carbocycles. The molecule has 1 heterocycles. The zero-order valence-corrected chi connectivity index (χ0v) is 12.0. The van der Waals surface area contributed by atoms with Crippen LogP contribution in [0.4, 0.5) is 13.2 Å². The van der Waals surface area contributed by atoms with Crippen molar-refractivity contribution in [3.05, 3.63) is 29.8 Å². The van der Waals surface area contributed by atoms with Gasteiger partial charge < -0.3 is 9.64 Å². The predicted molar refractivity (Wildman–Crippen MR) is 73.3 cm³/mol. The van der Waals surface area contributed by atoms with E-state index < -0.39 is 6.36 Å². The fraction of sp³-hybridized carbons (Fsp3) is 0.600. The summed E-state index contributed by atoms with van der Waals surface area (Å²) in [5.41, 5.74) is 0.801. The second-order valence-electron chi connectivity index (χ2n) is 5.31. The average Bonchev–Trinajstić information content (AvgIpc) is 2.42. The molecule has 2 rings (SSSR count). The van der Waals surface area contributed by atoms with Crippen LogP contribution >= 0.6 is 0 Å². The Balaban J connectivity index is 1.76. The summed E-state index contributed by atoms with van der Waals surface area (Å²) in [5.74, 6) is 0.769. The molecule has 0 radical (unpaired) electrons. The number of benzene rings is 1. The van der Waals surface area contributed by atoms with Gasteiger partial charge in [0.05, 0.1) is 6.61 Å². The minimum absolute atomic E-state index is 0.223. The van der Waals surface area contributed by atoms with Gasteiger partial charge in [0, 0.05) is 13.1 Å². The number of ether oxygens (including phenoxy) is 2. The third-order valence-electron chi connectivity index (χ3n) is 3.55. The molecule has 0 unspecified atom stereocenters. The van der Waals surface area contributed by atoms with Gasteiger partial charge in [0.15, 0.2) is 0 Å². The highest BCUT2D eigenvalue weighted by atomic mass is 19.4. The van der Waals surface area contributed by atoms with Crippen molar-refractivity contribution in [1.29, 1.82) is 0 Å². The minimum Gasteiger partial charge on any atom is -0.490 e. The number of rotatable bonds is 5. The molecule has 0 saturated carbocycles. The molecule has 0 spiro atoms. The molecule has 0 amide bonds. The second-order valence-corrected chi connectivity index (χ2v) is 5.31. The van der Waals surface area contributed by atoms with Gasteiger partial charge in [0.1, 0.15) is 11.9 Å². The maximum absolute atomic E-state index is 11.9. The summed E-state index contributed by atoms with van der Waals surface area (Å²) in [4.78, 5) is 2.27. The number of alkyl halides is 3. The Hall–Kier alpha value is -1.27. The summed E-state index contributed by atoms with van der Waals surface area (Å²) >= 11 is 0. The highest BCUT2D eigenvalue weighted by molar-refractivity contribution is 5.27. The maximum Gasteiger partial charge on any atom is 0.522 e. The fourth-order valence-corrected chi connectivity index (χ4v) is 2.31. The van der Waals surface area contributed by atoms with Gasteiger partial charge in [0.25, 0.3) is 0 Å². The van der Waals surface area contributed by atoms with E-state index in [1.54, 1.807) is 24.3 Å². The van der Waals surface area contributed by atoms with Crippen molar-refractivity contribution in [3.63, 3.8) is 0 Å². The molecule has 6 heteroatoms. The number of halogens is 3. The Morgan fingerprint density at radius 3 is 2.33 bits per heavy atom. The van der Waals surface area contributed by atoms with E-state index in [2.05, 4.69) is 16.7 Å². The van der Waals surface area contributed by atoms with Crippen LogP contribution in [0, 0.1) is 0 Å². The third kappa shape index (κ3) is 5.93. The van der Waals surface area contributed by atoms with E-state index in [9.17, 15) is 13.2 Å². The molecule has 1 aliphatic heterocycles. The van der Waals surface area contributed by atoms with Crippen LogP contribution in [0.1, 0.15) is 18.4 Å². The average molecular weight is 303 g/mol. The van der Waals surface area contributed by atoms with Crippen LogP contribution in [0.25, 0.3) is 0 Å². The number of hydrogen-bond donors (Lipinski definition) is 0. The minimum atomic E-state index is -4.56. The van der Waals surface area contributed by atoms with Gasteiger partial charge in [-0.05, 0) is 44.0 Å². The van der Waals surface area contributed by atoms with Crippen LogP contribution in [-0.4, -0.2) is 44.1 Å². The van der Waals surface area contributed by atoms with Crippen LogP contribution in [-0.2, 0) is 11.2 Å². The van der Waals surface area contributed by atoms with Crippen molar-refractivity contribution in [2.24, 2.45) is 0 Å². The number of piperidine rings is 1. The molecule has 0 atom stereocenters. The van der Waals surface area contributed by atoms with Gasteiger partial charge in [0.2, 0.25) is 0 Å². The zero-order valence-electron chi connectivity index (χ0n) is 12.0. The number of likely N-dealkylation sites (tertiary alicyclic amines) is 1. The van der Waals surface area contributed by atoms with Crippen LogP contribution in [0.2, 0.25) is 0 Å². The Kier molecular flexibility index (Phi) is 5.47. The van der Waals surface area contributed by atoms with Crippen LogP contribution in [0.5, 0.6) is 5.75 Å². The topological polar surface area (TPSA) is 21.7 Å². The molecule has 0 bridgehead atoms. The van der Waals surface area contributed by atoms with Gasteiger partial charge in [-0.3, -0.25) is 4.74 Å². The van der Waals surface area contributed by atoms with E-state index in [0.717, 1.165) is 37.2 Å². The maximum atomic E-state index is 11.9. The second kappa shape index (κ2) is 7.13. The van der Waals surface area contributed by atoms with E-state index in [1.165, 1.54) is 0 Å². The summed E-state index contributed by atoms with van der Waals surface area (Å²) in [5, 5.41) is 0. The van der Waals surface area contributed by atoms with Crippen molar-refractivity contribution in [2.75, 3.05) is 26.7 Å². The lowest BCUT2D eigenvalue weighted by atomic mass is 10.1. The van der Waals surface area contributed by atoms with Crippen LogP contribution in [0.15, 0.2) is 24.3 Å². The summed E-state index contributed by atoms with van der Waals surface area (Å²) < 4.78 is 45.2. The third-order valence-corrected chi connectivity index (χ3v) is 3.55. The summed E-state index contributed by atoms with van der Waals surface area (Å²) in [6, 6.07) is 7.18. The summed E-state index contributed by atoms with van der Waals surface area (Å²) in [7, 11) is 2.09. The highest BCUT2D eigenvalue weighted by Gasteiger charge is 2.28. The first kappa shape index (κ1) is 16.1. The number of nitrogens with zero attached hydrogens (tertiary/aromatic N) is 1. The summed E-state index contributed by atoms with van der Waals surface area (Å²) in [6.45, 7) is 1.69. The Morgan fingerprint density at radius 1 is 1.14 bits per heavy atom. The van der Waals surface area contributed by atoms with Gasteiger partial charge in [-0.1, -0.05) is 12.1 Å². The summed E-state index contributed by atoms with van der Waals surface area (Å²) in [6.07, 6.45) is -2.11. The molecule has 0 aromatic heterocycles. The lowest BCUT2D eigenvalue weighted by Gasteiger charge is -2.29. The van der Waals surface area contributed by atoms with Crippen molar-refractivity contribution in [1.82, 2.24) is 4.90 Å². The molecule has 0 N–H and O–H groups in total. The van der Waals surface area contributed by atoms with E-state index >= 15 is 0 Å².